The fourth-order valence-corrected chi connectivity index (χ4v) is 5.16. The van der Waals surface area contributed by atoms with Crippen LogP contribution in [-0.2, 0) is 12.8 Å². The zero-order valence-electron chi connectivity index (χ0n) is 14.2. The summed E-state index contributed by atoms with van der Waals surface area (Å²) in [5, 5.41) is 10.2. The second-order valence-corrected chi connectivity index (χ2v) is 8.15. The lowest BCUT2D eigenvalue weighted by Crippen LogP contribution is -2.09. The number of rotatable bonds is 1. The summed E-state index contributed by atoms with van der Waals surface area (Å²) in [7, 11) is 0. The van der Waals surface area contributed by atoms with Crippen molar-refractivity contribution in [3.05, 3.63) is 35.0 Å². The molecule has 2 aliphatic rings. The molecule has 130 valence electrons. The lowest BCUT2D eigenvalue weighted by Gasteiger charge is -2.17. The average Bonchev–Trinajstić information content (AvgIpc) is 3.36. The van der Waals surface area contributed by atoms with Crippen LogP contribution in [0.2, 0.25) is 0 Å². The van der Waals surface area contributed by atoms with Crippen molar-refractivity contribution in [3.8, 4) is 22.9 Å². The van der Waals surface area contributed by atoms with Gasteiger partial charge in [-0.2, -0.15) is 0 Å². The van der Waals surface area contributed by atoms with E-state index >= 15 is 0 Å². The highest BCUT2D eigenvalue weighted by molar-refractivity contribution is 7.19. The molecule has 0 amide bonds. The van der Waals surface area contributed by atoms with E-state index in [-0.39, 0.29) is 6.79 Å². The van der Waals surface area contributed by atoms with Gasteiger partial charge in [0.25, 0.3) is 0 Å². The van der Waals surface area contributed by atoms with Crippen molar-refractivity contribution in [2.24, 2.45) is 5.92 Å². The van der Waals surface area contributed by atoms with Gasteiger partial charge >= 0.3 is 0 Å². The molecule has 0 N–H and O–H groups in total. The summed E-state index contributed by atoms with van der Waals surface area (Å²) >= 11 is 1.81. The summed E-state index contributed by atoms with van der Waals surface area (Å²) in [6, 6.07) is 5.85. The Kier molecular flexibility index (Phi) is 2.88. The van der Waals surface area contributed by atoms with E-state index in [4.69, 9.17) is 14.5 Å². The number of fused-ring (bicyclic) bond motifs is 6. The van der Waals surface area contributed by atoms with E-state index < -0.39 is 0 Å². The second kappa shape index (κ2) is 5.17. The van der Waals surface area contributed by atoms with Gasteiger partial charge in [-0.05, 0) is 48.9 Å². The van der Waals surface area contributed by atoms with Crippen LogP contribution in [0.25, 0.3) is 27.3 Å². The maximum absolute atomic E-state index is 5.50. The van der Waals surface area contributed by atoms with Crippen molar-refractivity contribution in [2.45, 2.75) is 26.2 Å². The molecule has 0 bridgehead atoms. The van der Waals surface area contributed by atoms with Crippen LogP contribution < -0.4 is 9.47 Å². The van der Waals surface area contributed by atoms with E-state index in [0.717, 1.165) is 46.2 Å². The predicted octanol–water partition coefficient (Wildman–Crippen LogP) is 3.86. The van der Waals surface area contributed by atoms with Crippen molar-refractivity contribution < 1.29 is 9.47 Å². The third kappa shape index (κ3) is 1.94. The van der Waals surface area contributed by atoms with Gasteiger partial charge in [0.05, 0.1) is 5.39 Å². The Bertz CT molecular complexity index is 1180. The molecule has 26 heavy (non-hydrogen) atoms. The molecule has 7 heteroatoms. The Morgan fingerprint density at radius 3 is 3.08 bits per heavy atom. The highest BCUT2D eigenvalue weighted by Crippen LogP contribution is 2.40. The molecule has 0 radical (unpaired) electrons. The smallest absolute Gasteiger partial charge is 0.231 e. The molecule has 1 aliphatic carbocycles. The minimum atomic E-state index is 0.265. The molecule has 0 unspecified atom stereocenters. The number of hydrogen-bond acceptors (Lipinski definition) is 6. The van der Waals surface area contributed by atoms with E-state index in [1.165, 1.54) is 22.2 Å². The number of hydrogen-bond donors (Lipinski definition) is 0. The minimum absolute atomic E-state index is 0.265. The van der Waals surface area contributed by atoms with Crippen LogP contribution >= 0.6 is 11.3 Å². The van der Waals surface area contributed by atoms with Crippen molar-refractivity contribution in [3.63, 3.8) is 0 Å². The summed E-state index contributed by atoms with van der Waals surface area (Å²) in [5.41, 5.74) is 3.26. The van der Waals surface area contributed by atoms with Crippen molar-refractivity contribution >= 4 is 27.2 Å². The lowest BCUT2D eigenvalue weighted by atomic mass is 9.89. The Morgan fingerprint density at radius 1 is 1.19 bits per heavy atom. The zero-order chi connectivity index (χ0) is 17.3. The standard InChI is InChI=1S/C19H16N4O2S/c1-10-2-5-15-12(6-10)16-18-22-21-17(23(18)8-20-19(16)26-15)11-3-4-13-14(7-11)25-9-24-13/h3-4,7-8,10H,2,5-6,9H2,1H3/t10-/m1/s1. The van der Waals surface area contributed by atoms with E-state index in [2.05, 4.69) is 17.1 Å². The first kappa shape index (κ1) is 14.5. The molecule has 3 aromatic heterocycles. The Morgan fingerprint density at radius 2 is 2.12 bits per heavy atom. The van der Waals surface area contributed by atoms with Crippen molar-refractivity contribution in [1.82, 2.24) is 19.6 Å². The van der Waals surface area contributed by atoms with Gasteiger partial charge in [0, 0.05) is 10.4 Å². The van der Waals surface area contributed by atoms with E-state index in [9.17, 15) is 0 Å². The molecule has 0 fully saturated rings. The molecule has 6 rings (SSSR count). The molecular formula is C19H16N4O2S. The molecule has 4 aromatic rings. The molecular weight excluding hydrogens is 348 g/mol. The summed E-state index contributed by atoms with van der Waals surface area (Å²) < 4.78 is 12.9. The highest BCUT2D eigenvalue weighted by Gasteiger charge is 2.24. The first-order valence-electron chi connectivity index (χ1n) is 8.82. The van der Waals surface area contributed by atoms with Crippen LogP contribution in [0, 0.1) is 5.92 Å². The van der Waals surface area contributed by atoms with Gasteiger partial charge in [-0.25, -0.2) is 4.98 Å². The third-order valence-electron chi connectivity index (χ3n) is 5.33. The summed E-state index contributed by atoms with van der Waals surface area (Å²) in [5.74, 6) is 2.99. The van der Waals surface area contributed by atoms with Crippen molar-refractivity contribution in [1.29, 1.82) is 0 Å². The highest BCUT2D eigenvalue weighted by atomic mass is 32.1. The Labute approximate surface area is 153 Å². The molecule has 1 aromatic carbocycles. The number of ether oxygens (including phenoxy) is 2. The molecule has 0 saturated heterocycles. The monoisotopic (exact) mass is 364 g/mol. The number of benzene rings is 1. The molecule has 0 spiro atoms. The fourth-order valence-electron chi connectivity index (χ4n) is 3.98. The fraction of sp³-hybridized carbons (Fsp3) is 0.316. The second-order valence-electron chi connectivity index (χ2n) is 7.06. The molecule has 6 nitrogen and oxygen atoms in total. The van der Waals surface area contributed by atoms with Gasteiger partial charge in [0.15, 0.2) is 23.0 Å². The third-order valence-corrected chi connectivity index (χ3v) is 6.53. The van der Waals surface area contributed by atoms with Gasteiger partial charge in [-0.15, -0.1) is 21.5 Å². The summed E-state index contributed by atoms with van der Waals surface area (Å²) in [4.78, 5) is 7.25. The van der Waals surface area contributed by atoms with Crippen LogP contribution in [0.1, 0.15) is 23.8 Å². The van der Waals surface area contributed by atoms with Crippen LogP contribution in [0.5, 0.6) is 11.5 Å². The Balaban J connectivity index is 1.58. The van der Waals surface area contributed by atoms with Crippen LogP contribution in [0.4, 0.5) is 0 Å². The molecule has 0 saturated carbocycles. The largest absolute Gasteiger partial charge is 0.454 e. The topological polar surface area (TPSA) is 61.5 Å². The van der Waals surface area contributed by atoms with E-state index in [1.807, 2.05) is 40.3 Å². The predicted molar refractivity (Wildman–Crippen MR) is 98.9 cm³/mol. The van der Waals surface area contributed by atoms with Crippen LogP contribution in [0.3, 0.4) is 0 Å². The number of aromatic nitrogens is 4. The molecule has 1 atom stereocenters. The summed E-state index contributed by atoms with van der Waals surface area (Å²) in [6.45, 7) is 2.59. The van der Waals surface area contributed by atoms with Gasteiger partial charge < -0.3 is 9.47 Å². The maximum atomic E-state index is 5.50. The van der Waals surface area contributed by atoms with E-state index in [0.29, 0.717) is 5.92 Å². The van der Waals surface area contributed by atoms with Gasteiger partial charge in [-0.3, -0.25) is 4.40 Å². The minimum Gasteiger partial charge on any atom is -0.454 e. The van der Waals surface area contributed by atoms with Gasteiger partial charge in [0.2, 0.25) is 6.79 Å². The molecule has 1 aliphatic heterocycles. The van der Waals surface area contributed by atoms with Crippen molar-refractivity contribution in [2.75, 3.05) is 6.79 Å². The first-order chi connectivity index (χ1) is 12.8. The number of aryl methyl sites for hydroxylation is 1. The number of thiophene rings is 1. The average molecular weight is 364 g/mol. The van der Waals surface area contributed by atoms with Crippen LogP contribution in [0.15, 0.2) is 24.5 Å². The van der Waals surface area contributed by atoms with Gasteiger partial charge in [-0.1, -0.05) is 6.92 Å². The quantitative estimate of drug-likeness (QED) is 0.513. The van der Waals surface area contributed by atoms with Gasteiger partial charge in [0.1, 0.15) is 11.2 Å². The number of nitrogens with zero attached hydrogens (tertiary/aromatic N) is 4. The lowest BCUT2D eigenvalue weighted by molar-refractivity contribution is 0.174. The van der Waals surface area contributed by atoms with E-state index in [1.54, 1.807) is 0 Å². The summed E-state index contributed by atoms with van der Waals surface area (Å²) in [6.07, 6.45) is 5.34. The Hall–Kier alpha value is -2.67. The molecule has 4 heterocycles. The SMILES string of the molecule is C[C@@H]1CCc2sc3ncn4c(-c5ccc6c(c5)OCO6)nnc4c3c2C1. The zero-order valence-corrected chi connectivity index (χ0v) is 15.0. The van der Waals surface area contributed by atoms with Crippen LogP contribution in [-0.4, -0.2) is 26.4 Å². The normalized spacial score (nSPS) is 18.6. The first-order valence-corrected chi connectivity index (χ1v) is 9.63. The maximum Gasteiger partial charge on any atom is 0.231 e.